The Balaban J connectivity index is 0.000000180. The van der Waals surface area contributed by atoms with Gasteiger partial charge in [-0.15, -0.1) is 0 Å². The van der Waals surface area contributed by atoms with Crippen LogP contribution < -0.4 is 15.5 Å². The van der Waals surface area contributed by atoms with Gasteiger partial charge in [0.05, 0.1) is 29.0 Å². The molecule has 0 amide bonds. The highest BCUT2D eigenvalue weighted by atomic mass is 16.5. The number of allylic oxidation sites excluding steroid dienone is 4. The summed E-state index contributed by atoms with van der Waals surface area (Å²) in [7, 11) is 0. The first-order chi connectivity index (χ1) is 63.9. The molecule has 6 aromatic heterocycles. The molecule has 0 bridgehead atoms. The van der Waals surface area contributed by atoms with Crippen LogP contribution in [0.5, 0.6) is 5.75 Å². The predicted molar refractivity (Wildman–Crippen MR) is 601 cm³/mol. The minimum Gasteiger partial charge on any atom is -0.492 e. The third-order valence-electron chi connectivity index (χ3n) is 27.6. The van der Waals surface area contributed by atoms with Crippen LogP contribution in [0.4, 0.5) is 0 Å². The monoisotopic (exact) mass is 1930 g/mol. The van der Waals surface area contributed by atoms with Gasteiger partial charge in [-0.2, -0.15) is 0 Å². The fraction of sp³-hybridized carbons (Fsp3) is 0.642. The third-order valence-corrected chi connectivity index (χ3v) is 27.6. The number of pyridine rings is 2. The number of hydrogen-bond acceptors (Lipinski definition) is 16. The molecule has 778 valence electrons. The molecular formula is C123H195N17O. The number of fused-ring (bicyclic) bond motifs is 8. The number of nitrogens with zero attached hydrogens (tertiary/aromatic N) is 14. The van der Waals surface area contributed by atoms with Crippen LogP contribution >= 0.6 is 0 Å². The van der Waals surface area contributed by atoms with Crippen molar-refractivity contribution in [3.8, 4) is 5.75 Å². The fourth-order valence-corrected chi connectivity index (χ4v) is 17.2. The highest BCUT2D eigenvalue weighted by Crippen LogP contribution is 2.41. The predicted octanol–water partition coefficient (Wildman–Crippen LogP) is 28.7. The van der Waals surface area contributed by atoms with E-state index in [1.54, 1.807) is 11.1 Å². The zero-order valence-corrected chi connectivity index (χ0v) is 98.0. The molecule has 8 aromatic rings. The first-order valence-corrected chi connectivity index (χ1v) is 52.8. The van der Waals surface area contributed by atoms with Crippen molar-refractivity contribution < 1.29 is 4.74 Å². The largest absolute Gasteiger partial charge is 0.492 e. The maximum Gasteiger partial charge on any atom is 0.137 e. The maximum atomic E-state index is 5.97. The summed E-state index contributed by atoms with van der Waals surface area (Å²) in [5.41, 5.74) is 29.1. The van der Waals surface area contributed by atoms with Crippen molar-refractivity contribution in [3.05, 3.63) is 224 Å². The number of hydrazine groups is 1. The molecular weight excluding hydrogens is 1730 g/mol. The molecule has 0 saturated carbocycles. The molecule has 18 nitrogen and oxygen atoms in total. The number of aromatic nitrogens is 8. The summed E-state index contributed by atoms with van der Waals surface area (Å²) in [5.74, 6) is 4.23. The van der Waals surface area contributed by atoms with Crippen molar-refractivity contribution in [2.24, 2.45) is 37.6 Å². The Bertz CT molecular complexity index is 5550. The van der Waals surface area contributed by atoms with Crippen molar-refractivity contribution in [3.63, 3.8) is 0 Å². The van der Waals surface area contributed by atoms with E-state index in [1.807, 2.05) is 18.6 Å². The van der Waals surface area contributed by atoms with Crippen molar-refractivity contribution >= 4 is 28.7 Å². The molecule has 3 unspecified atom stereocenters. The van der Waals surface area contributed by atoms with Gasteiger partial charge in [0.15, 0.2) is 0 Å². The normalized spacial score (nSPS) is 18.7. The van der Waals surface area contributed by atoms with Crippen molar-refractivity contribution in [2.75, 3.05) is 32.8 Å². The quantitative estimate of drug-likeness (QED) is 0.131. The number of ether oxygens (including phenoxy) is 1. The molecule has 0 saturated heterocycles. The summed E-state index contributed by atoms with van der Waals surface area (Å²) < 4.78 is 8.07. The van der Waals surface area contributed by atoms with Gasteiger partial charge in [-0.1, -0.05) is 298 Å². The summed E-state index contributed by atoms with van der Waals surface area (Å²) in [6.45, 7) is 116. The van der Waals surface area contributed by atoms with E-state index in [-0.39, 0.29) is 93.3 Å². The Hall–Kier alpha value is -8.68. The van der Waals surface area contributed by atoms with Gasteiger partial charge in [-0.3, -0.25) is 24.6 Å². The minimum atomic E-state index is 0.0215. The second-order valence-electron chi connectivity index (χ2n) is 57.2. The summed E-state index contributed by atoms with van der Waals surface area (Å²) in [6.07, 6.45) is 25.2. The van der Waals surface area contributed by atoms with Crippen LogP contribution in [-0.4, -0.2) is 143 Å². The molecule has 8 aliphatic rings. The van der Waals surface area contributed by atoms with Crippen LogP contribution in [-0.2, 0) is 88.8 Å². The number of rotatable bonds is 0. The van der Waals surface area contributed by atoms with E-state index in [0.29, 0.717) is 12.0 Å². The lowest BCUT2D eigenvalue weighted by Crippen LogP contribution is -2.44. The van der Waals surface area contributed by atoms with E-state index >= 15 is 0 Å². The number of nitrogens with one attached hydrogen (secondary N) is 3. The van der Waals surface area contributed by atoms with E-state index < -0.39 is 0 Å². The molecule has 16 rings (SSSR count). The van der Waals surface area contributed by atoms with E-state index in [0.717, 1.165) is 98.2 Å². The van der Waals surface area contributed by atoms with Crippen molar-refractivity contribution in [1.82, 2.24) is 74.6 Å². The first kappa shape index (κ1) is 116. The van der Waals surface area contributed by atoms with Crippen molar-refractivity contribution in [1.29, 1.82) is 0 Å². The lowest BCUT2D eigenvalue weighted by Gasteiger charge is -2.38. The third kappa shape index (κ3) is 32.4. The van der Waals surface area contributed by atoms with Gasteiger partial charge in [0, 0.05) is 194 Å². The molecule has 14 heterocycles. The SMILES string of the molecule is CC(C)(C)C1=CC2C=NC(C(C)(C)C)=NC2N1.CC(C)(C)C1=CN2NC(C(C)(C)C)=CC2C=C1.CC(C)(C)c1ccc2c(c1)CCN(C(C)(C)C)CC2.CC(C)(C)c1ccc2c(c1)OCCN(C(C)(C)C)C2.CC(C)(C)c1ccc2cc(C(C)(C)C)[nH]c2n1.CC(C)(C)c1ccn2cc(C(C)(C)C)nc2c1.CC(C)(C)c1ncc2c(n1)CN(C(C)(C)C)C2.CC(C)(C)c1ncc2c(n1)CN(C(C)(C)C)CC2. The molecule has 3 N–H and O–H groups in total. The molecule has 8 aliphatic heterocycles. The van der Waals surface area contributed by atoms with Crippen molar-refractivity contribution in [2.45, 2.75) is 455 Å². The fourth-order valence-electron chi connectivity index (χ4n) is 17.2. The van der Waals surface area contributed by atoms with Gasteiger partial charge in [-0.05, 0) is 205 Å². The lowest BCUT2D eigenvalue weighted by atomic mass is 9.84. The minimum absolute atomic E-state index is 0.0215. The zero-order chi connectivity index (χ0) is 106. The Morgan fingerprint density at radius 2 is 0.872 bits per heavy atom. The zero-order valence-electron chi connectivity index (χ0n) is 98.0. The Morgan fingerprint density at radius 1 is 0.383 bits per heavy atom. The highest BCUT2D eigenvalue weighted by molar-refractivity contribution is 5.96. The van der Waals surface area contributed by atoms with E-state index in [2.05, 4.69) is 502 Å². The summed E-state index contributed by atoms with van der Waals surface area (Å²) in [5, 5.41) is 6.92. The number of H-pyrrole nitrogens is 1. The van der Waals surface area contributed by atoms with E-state index in [1.165, 1.54) is 98.7 Å². The van der Waals surface area contributed by atoms with Crippen LogP contribution in [0.15, 0.2) is 149 Å². The second kappa shape index (κ2) is 42.8. The molecule has 0 radical (unpaired) electrons. The number of aliphatic imine (C=N–C) groups is 2. The molecule has 0 fully saturated rings. The van der Waals surface area contributed by atoms with Gasteiger partial charge in [0.1, 0.15) is 47.3 Å². The highest BCUT2D eigenvalue weighted by Gasteiger charge is 2.39. The van der Waals surface area contributed by atoms with Crippen LogP contribution in [0.3, 0.4) is 0 Å². The molecule has 2 aromatic carbocycles. The standard InChI is InChI=1S/C18H29N.C17H27NO.C15H25N3.C15H24N2.2C15H22N2.2C14H23N3/c1-17(2,3)16-8-7-14-9-11-19(18(4,5)6)12-10-15(14)13-16;1-16(2,3)14-8-7-13-12-18(17(4,5)6)9-10-19-15(13)11-14;1-14(2,3)13-16-9-11-7-8-18(15(4,5)6)10-12(11)17-13;1-14(2,3)11-7-8-12-9-13(15(4,5)6)16-17(12)10-11;1-14(2,3)11-7-8-17-10-12(15(4,5)6)16-13(17)9-11;1-14(2,3)11-8-7-10-9-12(15(4,5)6)17-13(10)16-11;1-13(2,3)12-15-7-10-8-17(14(4,5)6)9-11(10)16-12;1-13(2,3)10-7-9-8-15-12(14(4,5)6)17-11(9)16-10/h7-8,13H,9-12H2,1-6H3;7-8,11H,9-10,12H2,1-6H3;9H,7-8,10H2,1-6H3;7-10,12,16H,1-6H3;7-10H,1-6H3;7-9H,1-6H3,(H,16,17);7H,8-9H2,1-6H3;7-9,11,16H,1-6H3. The molecule has 3 atom stereocenters. The Morgan fingerprint density at radius 3 is 1.38 bits per heavy atom. The Labute approximate surface area is 858 Å². The summed E-state index contributed by atoms with van der Waals surface area (Å²) in [6, 6.07) is 25.1. The smallest absolute Gasteiger partial charge is 0.137 e. The Kier molecular flexibility index (Phi) is 35.2. The van der Waals surface area contributed by atoms with Crippen LogP contribution in [0.1, 0.15) is 417 Å². The summed E-state index contributed by atoms with van der Waals surface area (Å²) in [4.78, 5) is 50.7. The number of amidine groups is 1. The second-order valence-corrected chi connectivity index (χ2v) is 57.2. The topological polar surface area (TPSA) is 172 Å². The van der Waals surface area contributed by atoms with Gasteiger partial charge in [0.2, 0.25) is 0 Å². The average molecular weight is 1930 g/mol. The number of benzene rings is 2. The number of hydrogen-bond donors (Lipinski definition) is 3. The lowest BCUT2D eigenvalue weighted by molar-refractivity contribution is 0.117. The first-order valence-electron chi connectivity index (χ1n) is 52.8. The van der Waals surface area contributed by atoms with E-state index in [9.17, 15) is 0 Å². The van der Waals surface area contributed by atoms with Gasteiger partial charge in [0.25, 0.3) is 0 Å². The van der Waals surface area contributed by atoms with Crippen LogP contribution in [0.25, 0.3) is 16.7 Å². The van der Waals surface area contributed by atoms with Gasteiger partial charge < -0.3 is 24.9 Å². The van der Waals surface area contributed by atoms with Gasteiger partial charge in [-0.25, -0.2) is 39.9 Å². The molecule has 0 spiro atoms. The number of aromatic amines is 1. The van der Waals surface area contributed by atoms with Crippen LogP contribution in [0, 0.1) is 27.6 Å². The average Bonchev–Trinajstić information content (AvgIpc) is 1.79. The summed E-state index contributed by atoms with van der Waals surface area (Å²) >= 11 is 0. The maximum absolute atomic E-state index is 5.97. The molecule has 0 aliphatic carbocycles. The molecule has 18 heteroatoms. The van der Waals surface area contributed by atoms with E-state index in [4.69, 9.17) is 29.7 Å². The molecule has 141 heavy (non-hydrogen) atoms. The van der Waals surface area contributed by atoms with Crippen LogP contribution in [0.2, 0.25) is 0 Å². The number of imidazole rings is 1. The van der Waals surface area contributed by atoms with Gasteiger partial charge >= 0.3 is 0 Å².